The van der Waals surface area contributed by atoms with Gasteiger partial charge in [-0.05, 0) is 54.8 Å². The highest BCUT2D eigenvalue weighted by molar-refractivity contribution is 6.31. The number of fused-ring (bicyclic) bond motifs is 4. The fourth-order valence-electron chi connectivity index (χ4n) is 7.06. The summed E-state index contributed by atoms with van der Waals surface area (Å²) >= 11 is 6.62. The lowest BCUT2D eigenvalue weighted by molar-refractivity contribution is -0.120. The molecular formula is C35H37ClN4O6. The molecule has 3 atom stereocenters. The van der Waals surface area contributed by atoms with Gasteiger partial charge in [0.15, 0.2) is 0 Å². The molecule has 0 saturated carbocycles. The van der Waals surface area contributed by atoms with Crippen LogP contribution >= 0.6 is 11.6 Å². The summed E-state index contributed by atoms with van der Waals surface area (Å²) in [5.41, 5.74) is 6.21. The van der Waals surface area contributed by atoms with Gasteiger partial charge in [0.2, 0.25) is 5.88 Å². The number of carbonyl (C=O) groups is 1. The van der Waals surface area contributed by atoms with Gasteiger partial charge in [-0.3, -0.25) is 9.69 Å². The first-order chi connectivity index (χ1) is 22.6. The molecule has 2 aromatic carbocycles. The number of benzene rings is 2. The van der Waals surface area contributed by atoms with Gasteiger partial charge in [0.1, 0.15) is 18.2 Å². The summed E-state index contributed by atoms with van der Waals surface area (Å²) in [4.78, 5) is 23.5. The predicted molar refractivity (Wildman–Crippen MR) is 170 cm³/mol. The largest absolute Gasteiger partial charge is 0.473 e. The number of piperidine rings is 1. The van der Waals surface area contributed by atoms with Crippen molar-refractivity contribution in [2.45, 2.75) is 57.1 Å². The summed E-state index contributed by atoms with van der Waals surface area (Å²) in [6.45, 7) is 7.60. The third-order valence-corrected chi connectivity index (χ3v) is 10.2. The zero-order valence-corrected chi connectivity index (χ0v) is 26.4. The molecule has 4 aliphatic rings. The molecule has 4 aromatic rings. The number of nitrogens with zero attached hydrogens (tertiary/aromatic N) is 4. The zero-order valence-electron chi connectivity index (χ0n) is 25.6. The van der Waals surface area contributed by atoms with E-state index in [1.807, 2.05) is 30.3 Å². The van der Waals surface area contributed by atoms with Gasteiger partial charge in [-0.1, -0.05) is 23.7 Å². The summed E-state index contributed by atoms with van der Waals surface area (Å²) in [5.74, 6) is 3.13. The molecule has 4 aliphatic heterocycles. The second kappa shape index (κ2) is 12.9. The van der Waals surface area contributed by atoms with Gasteiger partial charge < -0.3 is 28.3 Å². The Morgan fingerprint density at radius 2 is 1.93 bits per heavy atom. The number of imidazole rings is 1. The average Bonchev–Trinajstić information content (AvgIpc) is 3.23. The standard InChI is InChI=1S/C35H37ClN4O6/c36-30-11-22(26-18-43-19-26)1-2-23(30)20-45-34-6-3-24-16-42-17-25-13-39(9-7-29(25)35(24)38-34)15-33-37-31-5-4-27(46-21-41)12-32(31)40(33)14-28-8-10-44-28/h1-6,11-12,21,25-26,28-29H,7-10,13-20H2/t25-,28+,29-/m1/s1. The van der Waals surface area contributed by atoms with Crippen LogP contribution in [0.5, 0.6) is 11.6 Å². The number of ether oxygens (including phenoxy) is 5. The average molecular weight is 645 g/mol. The maximum Gasteiger partial charge on any atom is 0.298 e. The highest BCUT2D eigenvalue weighted by Crippen LogP contribution is 2.38. The summed E-state index contributed by atoms with van der Waals surface area (Å²) in [7, 11) is 0. The fourth-order valence-corrected chi connectivity index (χ4v) is 7.30. The molecule has 3 saturated heterocycles. The summed E-state index contributed by atoms with van der Waals surface area (Å²) in [5, 5.41) is 0.712. The van der Waals surface area contributed by atoms with Crippen LogP contribution in [0.25, 0.3) is 11.0 Å². The molecule has 0 spiro atoms. The Morgan fingerprint density at radius 3 is 2.72 bits per heavy atom. The number of likely N-dealkylation sites (tertiary alicyclic amines) is 1. The van der Waals surface area contributed by atoms with Gasteiger partial charge in [-0.2, -0.15) is 0 Å². The van der Waals surface area contributed by atoms with E-state index in [1.54, 1.807) is 6.07 Å². The lowest BCUT2D eigenvalue weighted by atomic mass is 9.82. The predicted octanol–water partition coefficient (Wildman–Crippen LogP) is 5.24. The molecule has 46 heavy (non-hydrogen) atoms. The molecule has 2 aromatic heterocycles. The minimum atomic E-state index is 0.171. The number of carbonyl (C=O) groups excluding carboxylic acids is 1. The number of rotatable bonds is 10. The maximum absolute atomic E-state index is 11.0. The third-order valence-electron chi connectivity index (χ3n) is 9.84. The lowest BCUT2D eigenvalue weighted by Gasteiger charge is -2.37. The Bertz CT molecular complexity index is 1740. The molecule has 10 nitrogen and oxygen atoms in total. The zero-order chi connectivity index (χ0) is 31.0. The van der Waals surface area contributed by atoms with Crippen LogP contribution in [0.1, 0.15) is 52.9 Å². The molecule has 0 aliphatic carbocycles. The van der Waals surface area contributed by atoms with Crippen LogP contribution < -0.4 is 9.47 Å². The topological polar surface area (TPSA) is 97.2 Å². The molecule has 11 heteroatoms. The van der Waals surface area contributed by atoms with Gasteiger partial charge >= 0.3 is 0 Å². The Kier molecular flexibility index (Phi) is 8.38. The van der Waals surface area contributed by atoms with Crippen LogP contribution in [-0.4, -0.2) is 71.5 Å². The van der Waals surface area contributed by atoms with Crippen LogP contribution in [0.3, 0.4) is 0 Å². The number of hydrogen-bond acceptors (Lipinski definition) is 9. The number of pyridine rings is 1. The molecule has 0 unspecified atom stereocenters. The number of halogens is 1. The van der Waals surface area contributed by atoms with E-state index in [2.05, 4.69) is 21.6 Å². The van der Waals surface area contributed by atoms with Crippen molar-refractivity contribution in [1.82, 2.24) is 19.4 Å². The second-order valence-corrected chi connectivity index (χ2v) is 13.2. The van der Waals surface area contributed by atoms with Crippen molar-refractivity contribution in [2.24, 2.45) is 5.92 Å². The van der Waals surface area contributed by atoms with Crippen molar-refractivity contribution in [3.05, 3.63) is 81.8 Å². The molecule has 0 bridgehead atoms. The number of hydrogen-bond donors (Lipinski definition) is 0. The Morgan fingerprint density at radius 1 is 1.02 bits per heavy atom. The van der Waals surface area contributed by atoms with Crippen molar-refractivity contribution < 1.29 is 28.5 Å². The molecule has 3 fully saturated rings. The third kappa shape index (κ3) is 6.00. The van der Waals surface area contributed by atoms with Gasteiger partial charge in [0.05, 0.1) is 62.3 Å². The van der Waals surface area contributed by atoms with E-state index in [4.69, 9.17) is 45.3 Å². The first-order valence-corrected chi connectivity index (χ1v) is 16.5. The van der Waals surface area contributed by atoms with Crippen LogP contribution in [0.4, 0.5) is 0 Å². The van der Waals surface area contributed by atoms with Crippen molar-refractivity contribution >= 4 is 29.1 Å². The molecule has 0 radical (unpaired) electrons. The van der Waals surface area contributed by atoms with Gasteiger partial charge in [0.25, 0.3) is 6.47 Å². The van der Waals surface area contributed by atoms with Crippen LogP contribution in [0, 0.1) is 5.92 Å². The summed E-state index contributed by atoms with van der Waals surface area (Å²) in [6.07, 6.45) is 2.17. The van der Waals surface area contributed by atoms with Crippen LogP contribution in [-0.2, 0) is 45.3 Å². The normalized spacial score (nSPS) is 23.1. The first-order valence-electron chi connectivity index (χ1n) is 16.1. The van der Waals surface area contributed by atoms with Crippen molar-refractivity contribution in [3.63, 3.8) is 0 Å². The SMILES string of the molecule is O=COc1ccc2nc(CN3CC[C@H]4c5nc(OCc6ccc(C7COC7)cc6Cl)ccc5COC[C@H]4C3)n(C[C@@H]3CCO3)c2c1. The summed E-state index contributed by atoms with van der Waals surface area (Å²) < 4.78 is 30.9. The van der Waals surface area contributed by atoms with Crippen molar-refractivity contribution in [2.75, 3.05) is 39.5 Å². The van der Waals surface area contributed by atoms with Crippen molar-refractivity contribution in [3.8, 4) is 11.6 Å². The number of aromatic nitrogens is 3. The quantitative estimate of drug-likeness (QED) is 0.215. The molecule has 0 amide bonds. The molecule has 6 heterocycles. The van der Waals surface area contributed by atoms with Gasteiger partial charge in [-0.15, -0.1) is 0 Å². The fraction of sp³-hybridized carbons (Fsp3) is 0.457. The Labute approximate surface area is 272 Å². The smallest absolute Gasteiger partial charge is 0.298 e. The molecule has 8 rings (SSSR count). The van der Waals surface area contributed by atoms with E-state index in [1.165, 1.54) is 5.56 Å². The van der Waals surface area contributed by atoms with E-state index < -0.39 is 0 Å². The van der Waals surface area contributed by atoms with Gasteiger partial charge in [0, 0.05) is 53.6 Å². The molecule has 240 valence electrons. The van der Waals surface area contributed by atoms with Crippen LogP contribution in [0.2, 0.25) is 5.02 Å². The first kappa shape index (κ1) is 29.8. The highest BCUT2D eigenvalue weighted by atomic mass is 35.5. The Balaban J connectivity index is 0.969. The highest BCUT2D eigenvalue weighted by Gasteiger charge is 2.36. The summed E-state index contributed by atoms with van der Waals surface area (Å²) in [6, 6.07) is 15.8. The van der Waals surface area contributed by atoms with E-state index >= 15 is 0 Å². The van der Waals surface area contributed by atoms with E-state index in [9.17, 15) is 4.79 Å². The van der Waals surface area contributed by atoms with Crippen LogP contribution in [0.15, 0.2) is 48.5 Å². The minimum Gasteiger partial charge on any atom is -0.473 e. The Hall–Kier alpha value is -3.54. The minimum absolute atomic E-state index is 0.171. The van der Waals surface area contributed by atoms with E-state index in [0.29, 0.717) is 61.3 Å². The molecule has 0 N–H and O–H groups in total. The lowest BCUT2D eigenvalue weighted by Crippen LogP contribution is -2.41. The van der Waals surface area contributed by atoms with E-state index in [-0.39, 0.29) is 12.0 Å². The second-order valence-electron chi connectivity index (χ2n) is 12.8. The van der Waals surface area contributed by atoms with Crippen molar-refractivity contribution in [1.29, 1.82) is 0 Å². The monoisotopic (exact) mass is 644 g/mol. The van der Waals surface area contributed by atoms with E-state index in [0.717, 1.165) is 86.0 Å². The van der Waals surface area contributed by atoms with Gasteiger partial charge in [-0.25, -0.2) is 9.97 Å². The molecular weight excluding hydrogens is 608 g/mol. The maximum atomic E-state index is 11.0.